The Balaban J connectivity index is -0.000000202. The van der Waals surface area contributed by atoms with Crippen LogP contribution in [0.5, 0.6) is 0 Å². The van der Waals surface area contributed by atoms with Crippen molar-refractivity contribution < 1.29 is 12.8 Å². The molecule has 0 amide bonds. The molecule has 0 heterocycles. The summed E-state index contributed by atoms with van der Waals surface area (Å²) in [6, 6.07) is 0. The van der Waals surface area contributed by atoms with E-state index in [-0.39, 0.29) is 48.3 Å². The second-order valence-electron chi connectivity index (χ2n) is 4.52. The molecule has 3 heteroatoms. The molecule has 0 aliphatic rings. The van der Waals surface area contributed by atoms with Gasteiger partial charge in [0.15, 0.2) is 0 Å². The molecule has 0 fully saturated rings. The van der Waals surface area contributed by atoms with Crippen LogP contribution in [0, 0.1) is 5.41 Å². The molecule has 0 radical (unpaired) electrons. The minimum Gasteiger partial charge on any atom is -1.00 e. The minimum absolute atomic E-state index is 0. The van der Waals surface area contributed by atoms with E-state index in [4.69, 9.17) is 5.11 Å². The van der Waals surface area contributed by atoms with Crippen molar-refractivity contribution in [1.82, 2.24) is 0 Å². The van der Waals surface area contributed by atoms with E-state index in [9.17, 15) is 4.79 Å². The van der Waals surface area contributed by atoms with Crippen LogP contribution in [0.25, 0.3) is 0 Å². The first-order valence-electron chi connectivity index (χ1n) is 4.63. The smallest absolute Gasteiger partial charge is 1.00 e. The van der Waals surface area contributed by atoms with Gasteiger partial charge in [-0.15, -0.1) is 0 Å². The Bertz CT molecular complexity index is 147. The van der Waals surface area contributed by atoms with Crippen molar-refractivity contribution in [1.29, 1.82) is 0 Å². The topological polar surface area (TPSA) is 37.3 Å². The van der Waals surface area contributed by atoms with Gasteiger partial charge in [-0.1, -0.05) is 33.6 Å². The molecule has 0 aromatic rings. The van der Waals surface area contributed by atoms with Crippen LogP contribution in [0.4, 0.5) is 0 Å². The molecule has 0 spiro atoms. The number of carboxylic acids is 1. The fourth-order valence-electron chi connectivity index (χ4n) is 1.11. The number of carbonyl (C=O) groups is 1. The van der Waals surface area contributed by atoms with Gasteiger partial charge in [0.2, 0.25) is 0 Å². The molecule has 0 aliphatic heterocycles. The Labute approximate surface area is 121 Å². The Hall–Kier alpha value is 0.951. The number of carboxylic acid groups (broad SMARTS) is 1. The first-order chi connectivity index (χ1) is 5.42. The van der Waals surface area contributed by atoms with E-state index in [0.717, 1.165) is 19.3 Å². The van der Waals surface area contributed by atoms with Crippen molar-refractivity contribution in [3.05, 3.63) is 0 Å². The summed E-state index contributed by atoms with van der Waals surface area (Å²) in [6.45, 7) is 6.64. The zero-order valence-corrected chi connectivity index (χ0v) is 12.6. The fraction of sp³-hybridized carbons (Fsp3) is 0.900. The zero-order valence-electron chi connectivity index (χ0n) is 11.1. The van der Waals surface area contributed by atoms with Gasteiger partial charge in [0.05, 0.1) is 0 Å². The second-order valence-corrected chi connectivity index (χ2v) is 4.52. The van der Waals surface area contributed by atoms with Gasteiger partial charge < -0.3 is 7.96 Å². The maximum absolute atomic E-state index is 10.2. The number of aliphatic carboxylic acids is 1. The molecule has 76 valence electrons. The van der Waals surface area contributed by atoms with Crippen molar-refractivity contribution in [3.63, 3.8) is 0 Å². The van der Waals surface area contributed by atoms with Gasteiger partial charge in [-0.25, -0.2) is 0 Å². The second kappa shape index (κ2) is 8.27. The molecule has 0 saturated carbocycles. The van der Waals surface area contributed by atoms with Gasteiger partial charge >= 0.3 is 51.5 Å². The normalized spacial score (nSPS) is 10.7. The van der Waals surface area contributed by atoms with Gasteiger partial charge in [0.25, 0.3) is 0 Å². The molecule has 0 unspecified atom stereocenters. The van der Waals surface area contributed by atoms with Crippen LogP contribution in [-0.2, 0) is 4.79 Å². The summed E-state index contributed by atoms with van der Waals surface area (Å²) in [7, 11) is 0. The standard InChI is InChI=1S/C10H20O2.Sr.2H/c1-10(2,3)8-6-4-5-7-9(11)12;;;/h4-8H2,1-3H3,(H,11,12);;;/q;+2;2*-1. The van der Waals surface area contributed by atoms with Crippen LogP contribution >= 0.6 is 0 Å². The molecule has 0 atom stereocenters. The predicted molar refractivity (Wildman–Crippen MR) is 58.2 cm³/mol. The van der Waals surface area contributed by atoms with Crippen molar-refractivity contribution in [2.24, 2.45) is 5.41 Å². The van der Waals surface area contributed by atoms with E-state index in [1.807, 2.05) is 0 Å². The van der Waals surface area contributed by atoms with Gasteiger partial charge in [-0.3, -0.25) is 4.79 Å². The number of hydrogen-bond donors (Lipinski definition) is 1. The van der Waals surface area contributed by atoms with Crippen LogP contribution < -0.4 is 0 Å². The Morgan fingerprint density at radius 1 is 1.23 bits per heavy atom. The van der Waals surface area contributed by atoms with Crippen LogP contribution in [-0.4, -0.2) is 56.6 Å². The van der Waals surface area contributed by atoms with Crippen molar-refractivity contribution >= 4 is 51.5 Å². The average molecular weight is 262 g/mol. The Morgan fingerprint density at radius 3 is 2.15 bits per heavy atom. The van der Waals surface area contributed by atoms with Crippen molar-refractivity contribution in [2.45, 2.75) is 52.9 Å². The van der Waals surface area contributed by atoms with E-state index in [1.54, 1.807) is 0 Å². The Kier molecular flexibility index (Phi) is 10.4. The first kappa shape index (κ1) is 16.4. The third-order valence-corrected chi connectivity index (χ3v) is 1.82. The molecule has 1 N–H and O–H groups in total. The quantitative estimate of drug-likeness (QED) is 0.610. The average Bonchev–Trinajstić information content (AvgIpc) is 1.83. The summed E-state index contributed by atoms with van der Waals surface area (Å²) in [5, 5.41) is 8.37. The first-order valence-corrected chi connectivity index (χ1v) is 4.63. The molecular weight excluding hydrogens is 240 g/mol. The molecule has 0 aliphatic carbocycles. The summed E-state index contributed by atoms with van der Waals surface area (Å²) >= 11 is 0. The van der Waals surface area contributed by atoms with E-state index in [2.05, 4.69) is 20.8 Å². The van der Waals surface area contributed by atoms with E-state index in [0.29, 0.717) is 11.8 Å². The third kappa shape index (κ3) is 15.7. The van der Waals surface area contributed by atoms with Crippen LogP contribution in [0.15, 0.2) is 0 Å². The molecule has 13 heavy (non-hydrogen) atoms. The largest absolute Gasteiger partial charge is 2.00 e. The predicted octanol–water partition coefficient (Wildman–Crippen LogP) is 2.91. The number of rotatable bonds is 5. The molecule has 0 bridgehead atoms. The SMILES string of the molecule is CC(C)(C)CCCCCC(=O)O.[H-].[H-].[Sr+2]. The summed E-state index contributed by atoms with van der Waals surface area (Å²) in [4.78, 5) is 10.2. The molecular formula is C10H22O2Sr. The molecule has 0 rings (SSSR count). The number of hydrogen-bond acceptors (Lipinski definition) is 1. The summed E-state index contributed by atoms with van der Waals surface area (Å²) in [6.07, 6.45) is 4.53. The van der Waals surface area contributed by atoms with Crippen molar-refractivity contribution in [3.8, 4) is 0 Å². The summed E-state index contributed by atoms with van der Waals surface area (Å²) in [5.74, 6) is -0.675. The monoisotopic (exact) mass is 262 g/mol. The van der Waals surface area contributed by atoms with Crippen molar-refractivity contribution in [2.75, 3.05) is 0 Å². The minimum atomic E-state index is -0.675. The van der Waals surface area contributed by atoms with Crippen LogP contribution in [0.2, 0.25) is 0 Å². The van der Waals surface area contributed by atoms with E-state index < -0.39 is 5.97 Å². The van der Waals surface area contributed by atoms with Gasteiger partial charge in [0.1, 0.15) is 0 Å². The fourth-order valence-corrected chi connectivity index (χ4v) is 1.11. The molecule has 2 nitrogen and oxygen atoms in total. The maximum Gasteiger partial charge on any atom is 2.00 e. The third-order valence-electron chi connectivity index (χ3n) is 1.82. The van der Waals surface area contributed by atoms with Gasteiger partial charge in [-0.2, -0.15) is 0 Å². The molecule has 0 saturated heterocycles. The van der Waals surface area contributed by atoms with Gasteiger partial charge in [-0.05, 0) is 18.3 Å². The summed E-state index contributed by atoms with van der Waals surface area (Å²) in [5.41, 5.74) is 0.392. The van der Waals surface area contributed by atoms with Gasteiger partial charge in [0, 0.05) is 6.42 Å². The molecule has 0 aromatic heterocycles. The summed E-state index contributed by atoms with van der Waals surface area (Å²) < 4.78 is 0. The number of unbranched alkanes of at least 4 members (excludes halogenated alkanes) is 2. The van der Waals surface area contributed by atoms with Crippen LogP contribution in [0.1, 0.15) is 55.7 Å². The maximum atomic E-state index is 10.2. The molecule has 0 aromatic carbocycles. The zero-order chi connectivity index (χ0) is 9.61. The van der Waals surface area contributed by atoms with E-state index in [1.165, 1.54) is 6.42 Å². The Morgan fingerprint density at radius 2 is 1.77 bits per heavy atom. The van der Waals surface area contributed by atoms with Crippen LogP contribution in [0.3, 0.4) is 0 Å². The van der Waals surface area contributed by atoms with E-state index >= 15 is 0 Å².